The number of nitrogens with one attached hydrogen (secondary N) is 2. The number of hydrogen-bond acceptors (Lipinski definition) is 7. The van der Waals surface area contributed by atoms with Gasteiger partial charge in [-0.2, -0.15) is 5.10 Å². The Kier molecular flexibility index (Phi) is 14.1. The van der Waals surface area contributed by atoms with Gasteiger partial charge >= 0.3 is 0 Å². The molecule has 2 aromatic heterocycles. The number of aryl methyl sites for hydroxylation is 2. The predicted octanol–water partition coefficient (Wildman–Crippen LogP) is 12.1. The monoisotopic (exact) mass is 879 g/mol. The molecule has 9 nitrogen and oxygen atoms in total. The van der Waals surface area contributed by atoms with Crippen molar-refractivity contribution in [2.24, 2.45) is 11.5 Å². The van der Waals surface area contributed by atoms with Crippen molar-refractivity contribution >= 4 is 45.5 Å². The fourth-order valence-corrected chi connectivity index (χ4v) is 8.06. The number of alkyl halides is 2. The second-order valence-corrected chi connectivity index (χ2v) is 16.3. The SMILES string of the molecule is C/C=C\C(=N)c1ccc(N)cc1.C=C(N)c1ccc2c(c1)C(C)c1ccccc1CC2.C=C(N)c1ccc2c(c1)nc(Nc1ccc(-n3cccn3)cc1)n2Cc1ccccc1C(C)(F)F. The molecule has 0 amide bonds. The van der Waals surface area contributed by atoms with E-state index >= 15 is 0 Å². The van der Waals surface area contributed by atoms with Gasteiger partial charge in [0, 0.05) is 53.6 Å². The van der Waals surface area contributed by atoms with Crippen LogP contribution in [0.4, 0.5) is 26.1 Å². The molecule has 8 N–H and O–H groups in total. The van der Waals surface area contributed by atoms with Gasteiger partial charge in [0.2, 0.25) is 5.95 Å². The summed E-state index contributed by atoms with van der Waals surface area (Å²) in [4.78, 5) is 4.76. The molecule has 0 aliphatic heterocycles. The number of nitrogens with zero attached hydrogens (tertiary/aromatic N) is 4. The number of allylic oxidation sites excluding steroid dienone is 2. The van der Waals surface area contributed by atoms with Gasteiger partial charge in [0.15, 0.2) is 0 Å². The van der Waals surface area contributed by atoms with Crippen molar-refractivity contribution in [3.05, 3.63) is 227 Å². The largest absolute Gasteiger partial charge is 0.399 e. The van der Waals surface area contributed by atoms with Crippen LogP contribution < -0.4 is 22.5 Å². The maximum Gasteiger partial charge on any atom is 0.270 e. The van der Waals surface area contributed by atoms with Crippen LogP contribution in [0.1, 0.15) is 76.8 Å². The minimum absolute atomic E-state index is 0.0108. The first kappa shape index (κ1) is 46.0. The zero-order valence-electron chi connectivity index (χ0n) is 37.5. The third-order valence-corrected chi connectivity index (χ3v) is 11.6. The van der Waals surface area contributed by atoms with E-state index in [0.717, 1.165) is 59.0 Å². The Hall–Kier alpha value is -8.05. The number of imidazole rings is 1. The zero-order valence-corrected chi connectivity index (χ0v) is 37.5. The number of benzene rings is 6. The Bertz CT molecular complexity index is 3010. The molecular formula is C55H55F2N9. The minimum atomic E-state index is -2.96. The summed E-state index contributed by atoms with van der Waals surface area (Å²) in [6.07, 6.45) is 9.41. The summed E-state index contributed by atoms with van der Waals surface area (Å²) < 4.78 is 32.3. The fourth-order valence-electron chi connectivity index (χ4n) is 8.06. The number of anilines is 3. The standard InChI is InChI=1S/C27H24F2N6.C18H19N.C10H12N2/c1-18(30)19-8-13-25-24(16-19)33-26(32-21-9-11-22(12-10-21)35-15-5-14-31-35)34(25)17-20-6-3-4-7-23(20)27(2,28)29;1-12-17-6-4-3-5-14(17)7-8-15-9-10-16(13(2)19)11-18(12)15;1-2-3-10(12)8-4-6-9(11)7-5-8/h3-16H,1,17,30H2,2H3,(H,32,33);3-6,9-12H,2,7-8,19H2,1H3;2-7,12H,11H2,1H3/b;;3-2-,12-10?. The number of rotatable bonds is 10. The van der Waals surface area contributed by atoms with Crippen molar-refractivity contribution < 1.29 is 8.78 Å². The third-order valence-electron chi connectivity index (χ3n) is 11.6. The minimum Gasteiger partial charge on any atom is -0.399 e. The number of nitrogen functional groups attached to an aromatic ring is 1. The molecule has 8 aromatic rings. The lowest BCUT2D eigenvalue weighted by atomic mass is 9.88. The molecular weight excluding hydrogens is 825 g/mol. The summed E-state index contributed by atoms with van der Waals surface area (Å²) in [5, 5.41) is 15.2. The molecule has 0 saturated carbocycles. The van der Waals surface area contributed by atoms with Crippen LogP contribution in [0, 0.1) is 5.41 Å². The van der Waals surface area contributed by atoms with Gasteiger partial charge in [-0.3, -0.25) is 0 Å². The number of aromatic nitrogens is 4. The molecule has 66 heavy (non-hydrogen) atoms. The van der Waals surface area contributed by atoms with Crippen molar-refractivity contribution in [1.29, 1.82) is 5.41 Å². The highest BCUT2D eigenvalue weighted by Crippen LogP contribution is 2.36. The molecule has 1 atom stereocenters. The van der Waals surface area contributed by atoms with Crippen LogP contribution >= 0.6 is 0 Å². The highest BCUT2D eigenvalue weighted by molar-refractivity contribution is 6.06. The molecule has 334 valence electrons. The lowest BCUT2D eigenvalue weighted by Crippen LogP contribution is -2.14. The smallest absolute Gasteiger partial charge is 0.270 e. The van der Waals surface area contributed by atoms with Gasteiger partial charge < -0.3 is 32.5 Å². The number of nitrogens with two attached hydrogens (primary N) is 3. The van der Waals surface area contributed by atoms with Crippen molar-refractivity contribution in [3.8, 4) is 5.69 Å². The van der Waals surface area contributed by atoms with Gasteiger partial charge in [0.25, 0.3) is 5.92 Å². The quantitative estimate of drug-likeness (QED) is 0.0682. The molecule has 0 radical (unpaired) electrons. The molecule has 2 heterocycles. The number of hydrogen-bond donors (Lipinski definition) is 5. The van der Waals surface area contributed by atoms with Gasteiger partial charge in [0.1, 0.15) is 0 Å². The van der Waals surface area contributed by atoms with Gasteiger partial charge in [-0.1, -0.05) is 105 Å². The molecule has 0 bridgehead atoms. The normalized spacial score (nSPS) is 13.0. The van der Waals surface area contributed by atoms with E-state index in [2.05, 4.69) is 73.0 Å². The molecule has 1 unspecified atom stereocenters. The molecule has 1 aliphatic rings. The van der Waals surface area contributed by atoms with Gasteiger partial charge in [-0.25, -0.2) is 18.4 Å². The van der Waals surface area contributed by atoms with Gasteiger partial charge in [0.05, 0.1) is 29.0 Å². The lowest BCUT2D eigenvalue weighted by molar-refractivity contribution is 0.0165. The second kappa shape index (κ2) is 20.2. The van der Waals surface area contributed by atoms with Gasteiger partial charge in [-0.15, -0.1) is 0 Å². The van der Waals surface area contributed by atoms with Crippen LogP contribution in [0.15, 0.2) is 177 Å². The molecule has 11 heteroatoms. The molecule has 9 rings (SSSR count). The van der Waals surface area contributed by atoms with E-state index in [-0.39, 0.29) is 12.1 Å². The summed E-state index contributed by atoms with van der Waals surface area (Å²) in [5.41, 5.74) is 31.7. The van der Waals surface area contributed by atoms with E-state index in [4.69, 9.17) is 27.6 Å². The first-order chi connectivity index (χ1) is 31.7. The third kappa shape index (κ3) is 10.8. The van der Waals surface area contributed by atoms with E-state index in [1.165, 1.54) is 28.3 Å². The maximum absolute atomic E-state index is 14.3. The molecule has 0 fully saturated rings. The summed E-state index contributed by atoms with van der Waals surface area (Å²) in [6, 6.07) is 44.3. The first-order valence-corrected chi connectivity index (χ1v) is 21.7. The Morgan fingerprint density at radius 2 is 1.44 bits per heavy atom. The average Bonchev–Trinajstić information content (AvgIpc) is 3.94. The molecule has 0 spiro atoms. The number of halogens is 2. The summed E-state index contributed by atoms with van der Waals surface area (Å²) in [5.74, 6) is -2.01. The molecule has 0 saturated heterocycles. The highest BCUT2D eigenvalue weighted by Gasteiger charge is 2.28. The van der Waals surface area contributed by atoms with Crippen molar-refractivity contribution in [1.82, 2.24) is 19.3 Å². The van der Waals surface area contributed by atoms with Crippen LogP contribution in [0.2, 0.25) is 0 Å². The highest BCUT2D eigenvalue weighted by atomic mass is 19.3. The van der Waals surface area contributed by atoms with Crippen LogP contribution in [-0.2, 0) is 25.3 Å². The zero-order chi connectivity index (χ0) is 47.0. The lowest BCUT2D eigenvalue weighted by Gasteiger charge is -2.18. The van der Waals surface area contributed by atoms with Crippen molar-refractivity contribution in [3.63, 3.8) is 0 Å². The predicted molar refractivity (Wildman–Crippen MR) is 268 cm³/mol. The Labute approximate surface area is 385 Å². The van der Waals surface area contributed by atoms with Crippen molar-refractivity contribution in [2.45, 2.75) is 52.0 Å². The summed E-state index contributed by atoms with van der Waals surface area (Å²) >= 11 is 0. The van der Waals surface area contributed by atoms with E-state index in [1.807, 2.05) is 84.4 Å². The van der Waals surface area contributed by atoms with E-state index < -0.39 is 5.92 Å². The second-order valence-electron chi connectivity index (χ2n) is 16.3. The first-order valence-electron chi connectivity index (χ1n) is 21.7. The Morgan fingerprint density at radius 1 is 0.803 bits per heavy atom. The van der Waals surface area contributed by atoms with Crippen LogP contribution in [0.25, 0.3) is 28.1 Å². The summed E-state index contributed by atoms with van der Waals surface area (Å²) in [6.45, 7) is 13.0. The van der Waals surface area contributed by atoms with Crippen LogP contribution in [-0.4, -0.2) is 25.0 Å². The van der Waals surface area contributed by atoms with Gasteiger partial charge in [-0.05, 0) is 131 Å². The number of fused-ring (bicyclic) bond motifs is 3. The Balaban J connectivity index is 0.000000173. The topological polar surface area (TPSA) is 150 Å². The van der Waals surface area contributed by atoms with E-state index in [9.17, 15) is 8.78 Å². The summed E-state index contributed by atoms with van der Waals surface area (Å²) in [7, 11) is 0. The molecule has 1 aliphatic carbocycles. The van der Waals surface area contributed by atoms with Crippen LogP contribution in [0.3, 0.4) is 0 Å². The maximum atomic E-state index is 14.3. The molecule has 6 aromatic carbocycles. The van der Waals surface area contributed by atoms with Crippen LogP contribution in [0.5, 0.6) is 0 Å². The van der Waals surface area contributed by atoms with E-state index in [1.54, 1.807) is 47.3 Å². The Morgan fingerprint density at radius 3 is 2.11 bits per heavy atom. The van der Waals surface area contributed by atoms with Crippen molar-refractivity contribution in [2.75, 3.05) is 11.1 Å². The average molecular weight is 880 g/mol. The fraction of sp³-hybridized carbons (Fsp3) is 0.145. The van der Waals surface area contributed by atoms with E-state index in [0.29, 0.717) is 40.1 Å².